The second-order valence-electron chi connectivity index (χ2n) is 2.21. The van der Waals surface area contributed by atoms with Crippen LogP contribution in [0, 0.1) is 0 Å². The summed E-state index contributed by atoms with van der Waals surface area (Å²) in [6.07, 6.45) is 1.74. The summed E-state index contributed by atoms with van der Waals surface area (Å²) < 4.78 is 0. The molecule has 8 heavy (non-hydrogen) atoms. The third-order valence-corrected chi connectivity index (χ3v) is 1.97. The topological polar surface area (TPSA) is 43.1 Å². The van der Waals surface area contributed by atoms with Crippen LogP contribution in [0.25, 0.3) is 0 Å². The molecule has 1 rings (SSSR count). The van der Waals surface area contributed by atoms with Gasteiger partial charge in [-0.1, -0.05) is 15.9 Å². The Morgan fingerprint density at radius 1 is 1.75 bits per heavy atom. The van der Waals surface area contributed by atoms with E-state index in [1.165, 1.54) is 0 Å². The van der Waals surface area contributed by atoms with Gasteiger partial charge < -0.3 is 5.73 Å². The Hall–Kier alpha value is 0.110. The van der Waals surface area contributed by atoms with Crippen molar-refractivity contribution < 1.29 is 4.79 Å². The molecule has 1 saturated carbocycles. The highest BCUT2D eigenvalue weighted by atomic mass is 79.9. The molecule has 0 amide bonds. The number of Topliss-reactive ketones (excluding diaryl/α,β-unsaturated/α-hetero) is 1. The number of hydrogen-bond donors (Lipinski definition) is 1. The van der Waals surface area contributed by atoms with Gasteiger partial charge in [-0.05, 0) is 12.8 Å². The van der Waals surface area contributed by atoms with E-state index in [0.717, 1.165) is 12.8 Å². The molecule has 0 saturated heterocycles. The largest absolute Gasteiger partial charge is 0.319 e. The summed E-state index contributed by atoms with van der Waals surface area (Å²) in [5.41, 5.74) is 5.09. The molecule has 0 atom stereocenters. The standard InChI is InChI=1S/C5H8BrNO/c6-3-4(8)5(7)1-2-5/h1-3,7H2. The Balaban J connectivity index is 2.46. The highest BCUT2D eigenvalue weighted by Gasteiger charge is 2.44. The van der Waals surface area contributed by atoms with Crippen LogP contribution in [0.1, 0.15) is 12.8 Å². The number of rotatable bonds is 2. The van der Waals surface area contributed by atoms with Gasteiger partial charge in [-0.25, -0.2) is 0 Å². The van der Waals surface area contributed by atoms with E-state index >= 15 is 0 Å². The zero-order valence-electron chi connectivity index (χ0n) is 4.48. The number of carbonyl (C=O) groups is 1. The van der Waals surface area contributed by atoms with Crippen LogP contribution in [0.2, 0.25) is 0 Å². The van der Waals surface area contributed by atoms with Crippen molar-refractivity contribution in [3.05, 3.63) is 0 Å². The van der Waals surface area contributed by atoms with Crippen LogP contribution >= 0.6 is 15.9 Å². The van der Waals surface area contributed by atoms with E-state index in [9.17, 15) is 4.79 Å². The molecule has 46 valence electrons. The number of carbonyl (C=O) groups excluding carboxylic acids is 1. The minimum atomic E-state index is -0.427. The number of ketones is 1. The van der Waals surface area contributed by atoms with Gasteiger partial charge >= 0.3 is 0 Å². The predicted molar refractivity (Wildman–Crippen MR) is 35.0 cm³/mol. The fourth-order valence-corrected chi connectivity index (χ4v) is 1.10. The molecular weight excluding hydrogens is 170 g/mol. The molecule has 0 aliphatic heterocycles. The first-order chi connectivity index (χ1) is 3.69. The number of alkyl halides is 1. The number of nitrogens with two attached hydrogens (primary N) is 1. The van der Waals surface area contributed by atoms with Crippen LogP contribution in [0.5, 0.6) is 0 Å². The molecule has 1 fully saturated rings. The number of halogens is 1. The lowest BCUT2D eigenvalue weighted by Crippen LogP contribution is -2.33. The molecule has 0 aromatic rings. The second kappa shape index (κ2) is 1.81. The summed E-state index contributed by atoms with van der Waals surface area (Å²) in [5.74, 6) is 0.137. The quantitative estimate of drug-likeness (QED) is 0.623. The monoisotopic (exact) mass is 177 g/mol. The van der Waals surface area contributed by atoms with Gasteiger partial charge in [0.05, 0.1) is 10.9 Å². The molecule has 1 aliphatic carbocycles. The Morgan fingerprint density at radius 2 is 2.25 bits per heavy atom. The van der Waals surface area contributed by atoms with Crippen molar-refractivity contribution in [1.29, 1.82) is 0 Å². The Bertz CT molecular complexity index is 120. The average Bonchev–Trinajstić information content (AvgIpc) is 2.47. The van der Waals surface area contributed by atoms with Gasteiger partial charge in [0.15, 0.2) is 5.78 Å². The lowest BCUT2D eigenvalue weighted by molar-refractivity contribution is -0.118. The van der Waals surface area contributed by atoms with Crippen LogP contribution in [0.4, 0.5) is 0 Å². The summed E-state index contributed by atoms with van der Waals surface area (Å²) in [5, 5.41) is 0.406. The fraction of sp³-hybridized carbons (Fsp3) is 0.800. The lowest BCUT2D eigenvalue weighted by Gasteiger charge is -2.00. The molecule has 0 spiro atoms. The summed E-state index contributed by atoms with van der Waals surface area (Å²) in [6.45, 7) is 0. The zero-order valence-corrected chi connectivity index (χ0v) is 6.07. The first kappa shape index (κ1) is 6.23. The van der Waals surface area contributed by atoms with Crippen molar-refractivity contribution in [2.75, 3.05) is 5.33 Å². The third kappa shape index (κ3) is 0.928. The van der Waals surface area contributed by atoms with Crippen molar-refractivity contribution in [3.8, 4) is 0 Å². The van der Waals surface area contributed by atoms with E-state index < -0.39 is 5.54 Å². The van der Waals surface area contributed by atoms with Gasteiger partial charge in [0.2, 0.25) is 0 Å². The van der Waals surface area contributed by atoms with E-state index in [0.29, 0.717) is 5.33 Å². The minimum absolute atomic E-state index is 0.137. The van der Waals surface area contributed by atoms with E-state index in [1.54, 1.807) is 0 Å². The van der Waals surface area contributed by atoms with Gasteiger partial charge in [0.1, 0.15) is 0 Å². The van der Waals surface area contributed by atoms with E-state index in [-0.39, 0.29) is 5.78 Å². The zero-order chi connectivity index (χ0) is 6.20. The first-order valence-corrected chi connectivity index (χ1v) is 3.69. The van der Waals surface area contributed by atoms with Gasteiger partial charge in [-0.2, -0.15) is 0 Å². The molecule has 3 heteroatoms. The Labute approximate surface area is 56.6 Å². The SMILES string of the molecule is NC1(C(=O)CBr)CC1. The van der Waals surface area contributed by atoms with Crippen LogP contribution in [0.15, 0.2) is 0 Å². The van der Waals surface area contributed by atoms with Crippen LogP contribution in [0.3, 0.4) is 0 Å². The molecule has 0 aromatic carbocycles. The summed E-state index contributed by atoms with van der Waals surface area (Å²) in [6, 6.07) is 0. The molecule has 2 nitrogen and oxygen atoms in total. The second-order valence-corrected chi connectivity index (χ2v) is 2.77. The van der Waals surface area contributed by atoms with Crippen LogP contribution in [-0.2, 0) is 4.79 Å². The first-order valence-electron chi connectivity index (χ1n) is 2.57. The van der Waals surface area contributed by atoms with E-state index in [1.807, 2.05) is 0 Å². The van der Waals surface area contributed by atoms with Gasteiger partial charge in [-0.3, -0.25) is 4.79 Å². The van der Waals surface area contributed by atoms with Crippen molar-refractivity contribution in [2.45, 2.75) is 18.4 Å². The Morgan fingerprint density at radius 3 is 2.38 bits per heavy atom. The van der Waals surface area contributed by atoms with Crippen molar-refractivity contribution >= 4 is 21.7 Å². The Kier molecular flexibility index (Phi) is 1.41. The van der Waals surface area contributed by atoms with Gasteiger partial charge in [0, 0.05) is 0 Å². The van der Waals surface area contributed by atoms with Crippen molar-refractivity contribution in [1.82, 2.24) is 0 Å². The van der Waals surface area contributed by atoms with Crippen molar-refractivity contribution in [3.63, 3.8) is 0 Å². The van der Waals surface area contributed by atoms with Gasteiger partial charge in [0.25, 0.3) is 0 Å². The molecule has 1 aliphatic rings. The van der Waals surface area contributed by atoms with Crippen LogP contribution in [-0.4, -0.2) is 16.7 Å². The molecule has 0 unspecified atom stereocenters. The molecular formula is C5H8BrNO. The summed E-state index contributed by atoms with van der Waals surface area (Å²) in [4.78, 5) is 10.7. The van der Waals surface area contributed by atoms with Crippen molar-refractivity contribution in [2.24, 2.45) is 5.73 Å². The maximum Gasteiger partial charge on any atom is 0.163 e. The number of hydrogen-bond acceptors (Lipinski definition) is 2. The summed E-state index contributed by atoms with van der Waals surface area (Å²) in [7, 11) is 0. The van der Waals surface area contributed by atoms with E-state index in [4.69, 9.17) is 5.73 Å². The van der Waals surface area contributed by atoms with Gasteiger partial charge in [-0.15, -0.1) is 0 Å². The highest BCUT2D eigenvalue weighted by Crippen LogP contribution is 2.33. The maximum absolute atomic E-state index is 10.7. The molecule has 2 N–H and O–H groups in total. The lowest BCUT2D eigenvalue weighted by atomic mass is 10.2. The smallest absolute Gasteiger partial charge is 0.163 e. The molecule has 0 heterocycles. The molecule has 0 aromatic heterocycles. The fourth-order valence-electron chi connectivity index (χ4n) is 0.547. The molecule has 0 radical (unpaired) electrons. The third-order valence-electron chi connectivity index (χ3n) is 1.47. The molecule has 0 bridgehead atoms. The average molecular weight is 178 g/mol. The normalized spacial score (nSPS) is 22.8. The predicted octanol–water partition coefficient (Wildman–Crippen LogP) is 0.442. The van der Waals surface area contributed by atoms with Crippen LogP contribution < -0.4 is 5.73 Å². The highest BCUT2D eigenvalue weighted by molar-refractivity contribution is 9.09. The maximum atomic E-state index is 10.7. The van der Waals surface area contributed by atoms with E-state index in [2.05, 4.69) is 15.9 Å². The minimum Gasteiger partial charge on any atom is -0.319 e. The summed E-state index contributed by atoms with van der Waals surface area (Å²) >= 11 is 3.06.